The van der Waals surface area contributed by atoms with Crippen molar-refractivity contribution in [2.45, 2.75) is 18.5 Å². The molecule has 4 rings (SSSR count). The Morgan fingerprint density at radius 3 is 2.48 bits per heavy atom. The molecule has 1 heterocycles. The lowest BCUT2D eigenvalue weighted by Crippen LogP contribution is -2.33. The van der Waals surface area contributed by atoms with Crippen molar-refractivity contribution in [1.29, 1.82) is 5.26 Å². The van der Waals surface area contributed by atoms with E-state index in [1.807, 2.05) is 61.5 Å². The van der Waals surface area contributed by atoms with Crippen LogP contribution in [0.15, 0.2) is 88.8 Å². The Kier molecular flexibility index (Phi) is 6.86. The standard InChI is InChI=1S/C26H22N4O2S/c1-2-19-10-6-9-15-23(19)30-25(32)21-13-7-8-14-22(21)28-26(30)33-18-24(31)29(17-16-27)20-11-4-3-5-12-20/h3-15H,2,17-18H2,1H3. The Morgan fingerprint density at radius 1 is 1.03 bits per heavy atom. The third kappa shape index (κ3) is 4.66. The van der Waals surface area contributed by atoms with E-state index in [2.05, 4.69) is 6.07 Å². The van der Waals surface area contributed by atoms with E-state index in [1.165, 1.54) is 16.7 Å². The molecule has 1 aromatic heterocycles. The number of nitrogens with zero attached hydrogens (tertiary/aromatic N) is 4. The van der Waals surface area contributed by atoms with E-state index in [0.717, 1.165) is 17.7 Å². The molecule has 0 aliphatic heterocycles. The van der Waals surface area contributed by atoms with Gasteiger partial charge in [-0.1, -0.05) is 67.2 Å². The van der Waals surface area contributed by atoms with E-state index < -0.39 is 0 Å². The first-order valence-electron chi connectivity index (χ1n) is 10.6. The fraction of sp³-hybridized carbons (Fsp3) is 0.154. The largest absolute Gasteiger partial charge is 0.298 e. The Labute approximate surface area is 196 Å². The Balaban J connectivity index is 1.75. The first-order valence-corrected chi connectivity index (χ1v) is 11.6. The molecule has 3 aromatic carbocycles. The van der Waals surface area contributed by atoms with Crippen molar-refractivity contribution in [1.82, 2.24) is 9.55 Å². The van der Waals surface area contributed by atoms with Crippen LogP contribution in [0.3, 0.4) is 0 Å². The maximum atomic E-state index is 13.5. The first kappa shape index (κ1) is 22.3. The SMILES string of the molecule is CCc1ccccc1-n1c(SCC(=O)N(CC#N)c2ccccc2)nc2ccccc2c1=O. The summed E-state index contributed by atoms with van der Waals surface area (Å²) in [6.07, 6.45) is 0.752. The van der Waals surface area contributed by atoms with Crippen molar-refractivity contribution in [3.05, 3.63) is 94.8 Å². The number of hydrogen-bond acceptors (Lipinski definition) is 5. The van der Waals surface area contributed by atoms with Gasteiger partial charge in [0.15, 0.2) is 5.16 Å². The van der Waals surface area contributed by atoms with Gasteiger partial charge in [0, 0.05) is 5.69 Å². The van der Waals surface area contributed by atoms with Gasteiger partial charge in [-0.05, 0) is 42.3 Å². The number of fused-ring (bicyclic) bond motifs is 1. The van der Waals surface area contributed by atoms with Crippen molar-refractivity contribution in [2.24, 2.45) is 0 Å². The molecule has 0 bridgehead atoms. The van der Waals surface area contributed by atoms with Crippen molar-refractivity contribution >= 4 is 34.3 Å². The van der Waals surface area contributed by atoms with Crippen molar-refractivity contribution in [2.75, 3.05) is 17.2 Å². The number of para-hydroxylation sites is 3. The average Bonchev–Trinajstić information content (AvgIpc) is 2.86. The second-order valence-electron chi connectivity index (χ2n) is 7.30. The monoisotopic (exact) mass is 454 g/mol. The number of carbonyl (C=O) groups is 1. The number of thioether (sulfide) groups is 1. The van der Waals surface area contributed by atoms with E-state index in [-0.39, 0.29) is 23.8 Å². The normalized spacial score (nSPS) is 10.7. The molecule has 6 nitrogen and oxygen atoms in total. The van der Waals surface area contributed by atoms with Gasteiger partial charge < -0.3 is 0 Å². The van der Waals surface area contributed by atoms with E-state index in [1.54, 1.807) is 28.8 Å². The van der Waals surface area contributed by atoms with Gasteiger partial charge in [0.05, 0.1) is 28.4 Å². The lowest BCUT2D eigenvalue weighted by atomic mass is 10.1. The molecule has 0 spiro atoms. The molecule has 0 unspecified atom stereocenters. The highest BCUT2D eigenvalue weighted by atomic mass is 32.2. The molecule has 4 aromatic rings. The molecule has 1 amide bonds. The molecule has 33 heavy (non-hydrogen) atoms. The molecule has 0 aliphatic carbocycles. The van der Waals surface area contributed by atoms with Crippen LogP contribution in [-0.2, 0) is 11.2 Å². The average molecular weight is 455 g/mol. The summed E-state index contributed by atoms with van der Waals surface area (Å²) >= 11 is 1.20. The fourth-order valence-corrected chi connectivity index (χ4v) is 4.54. The van der Waals surface area contributed by atoms with Crippen LogP contribution in [0.5, 0.6) is 0 Å². The topological polar surface area (TPSA) is 79.0 Å². The molecule has 0 radical (unpaired) electrons. The molecule has 0 fully saturated rings. The van der Waals surface area contributed by atoms with Crippen LogP contribution < -0.4 is 10.5 Å². The summed E-state index contributed by atoms with van der Waals surface area (Å²) < 4.78 is 1.59. The van der Waals surface area contributed by atoms with Crippen LogP contribution >= 0.6 is 11.8 Å². The highest BCUT2D eigenvalue weighted by Gasteiger charge is 2.19. The molecular weight excluding hydrogens is 432 g/mol. The number of amides is 1. The maximum absolute atomic E-state index is 13.5. The molecular formula is C26H22N4O2S. The minimum absolute atomic E-state index is 0.0373. The maximum Gasteiger partial charge on any atom is 0.266 e. The Bertz CT molecular complexity index is 1390. The van der Waals surface area contributed by atoms with Crippen LogP contribution in [0.4, 0.5) is 5.69 Å². The number of nitriles is 1. The van der Waals surface area contributed by atoms with E-state index in [9.17, 15) is 14.9 Å². The van der Waals surface area contributed by atoms with E-state index in [0.29, 0.717) is 21.7 Å². The van der Waals surface area contributed by atoms with Crippen LogP contribution in [0, 0.1) is 11.3 Å². The predicted molar refractivity (Wildman–Crippen MR) is 132 cm³/mol. The van der Waals surface area contributed by atoms with Gasteiger partial charge in [0.25, 0.3) is 5.56 Å². The highest BCUT2D eigenvalue weighted by Crippen LogP contribution is 2.25. The summed E-state index contributed by atoms with van der Waals surface area (Å²) in [4.78, 5) is 32.7. The molecule has 0 atom stereocenters. The van der Waals surface area contributed by atoms with Gasteiger partial charge in [-0.25, -0.2) is 4.98 Å². The third-order valence-electron chi connectivity index (χ3n) is 5.28. The smallest absolute Gasteiger partial charge is 0.266 e. The zero-order valence-electron chi connectivity index (χ0n) is 18.1. The summed E-state index contributed by atoms with van der Waals surface area (Å²) in [7, 11) is 0. The summed E-state index contributed by atoms with van der Waals surface area (Å²) in [5.74, 6) is -0.194. The van der Waals surface area contributed by atoms with Crippen molar-refractivity contribution in [3.8, 4) is 11.8 Å². The molecule has 164 valence electrons. The molecule has 0 saturated heterocycles. The van der Waals surface area contributed by atoms with Crippen LogP contribution in [0.2, 0.25) is 0 Å². The second kappa shape index (κ2) is 10.2. The highest BCUT2D eigenvalue weighted by molar-refractivity contribution is 7.99. The Hall–Kier alpha value is -3.89. The van der Waals surface area contributed by atoms with Crippen LogP contribution in [0.25, 0.3) is 16.6 Å². The third-order valence-corrected chi connectivity index (χ3v) is 6.20. The second-order valence-corrected chi connectivity index (χ2v) is 8.24. The molecule has 0 N–H and O–H groups in total. The molecule has 7 heteroatoms. The van der Waals surface area contributed by atoms with Gasteiger partial charge >= 0.3 is 0 Å². The van der Waals surface area contributed by atoms with E-state index in [4.69, 9.17) is 4.98 Å². The van der Waals surface area contributed by atoms with Gasteiger partial charge in [-0.15, -0.1) is 0 Å². The number of aryl methyl sites for hydroxylation is 1. The zero-order chi connectivity index (χ0) is 23.2. The Morgan fingerprint density at radius 2 is 1.73 bits per heavy atom. The lowest BCUT2D eigenvalue weighted by molar-refractivity contribution is -0.116. The van der Waals surface area contributed by atoms with Crippen LogP contribution in [-0.4, -0.2) is 27.8 Å². The number of anilines is 1. The predicted octanol–water partition coefficient (Wildman–Crippen LogP) is 4.60. The van der Waals surface area contributed by atoms with Gasteiger partial charge in [-0.3, -0.25) is 19.1 Å². The number of carbonyl (C=O) groups excluding carboxylic acids is 1. The molecule has 0 aliphatic rings. The zero-order valence-corrected chi connectivity index (χ0v) is 19.0. The quantitative estimate of drug-likeness (QED) is 0.232. The summed E-state index contributed by atoms with van der Waals surface area (Å²) in [5, 5.41) is 10.2. The minimum Gasteiger partial charge on any atom is -0.298 e. The summed E-state index contributed by atoms with van der Waals surface area (Å²) in [6, 6.07) is 26.1. The number of rotatable bonds is 7. The van der Waals surface area contributed by atoms with Gasteiger partial charge in [-0.2, -0.15) is 5.26 Å². The number of benzene rings is 3. The summed E-state index contributed by atoms with van der Waals surface area (Å²) in [5.41, 5.74) is 2.84. The van der Waals surface area contributed by atoms with E-state index >= 15 is 0 Å². The summed E-state index contributed by atoms with van der Waals surface area (Å²) in [6.45, 7) is 1.98. The first-order chi connectivity index (χ1) is 16.1. The lowest BCUT2D eigenvalue weighted by Gasteiger charge is -2.20. The minimum atomic E-state index is -0.231. The van der Waals surface area contributed by atoms with Gasteiger partial charge in [0.1, 0.15) is 6.54 Å². The van der Waals surface area contributed by atoms with Crippen LogP contribution in [0.1, 0.15) is 12.5 Å². The molecule has 0 saturated carbocycles. The fourth-order valence-electron chi connectivity index (χ4n) is 3.66. The number of hydrogen-bond donors (Lipinski definition) is 0. The van der Waals surface area contributed by atoms with Gasteiger partial charge in [0.2, 0.25) is 5.91 Å². The van der Waals surface area contributed by atoms with Crippen molar-refractivity contribution in [3.63, 3.8) is 0 Å². The number of aromatic nitrogens is 2. The van der Waals surface area contributed by atoms with Crippen molar-refractivity contribution < 1.29 is 4.79 Å².